The second-order valence-electron chi connectivity index (χ2n) is 8.61. The summed E-state index contributed by atoms with van der Waals surface area (Å²) in [6.45, 7) is 0.0497. The van der Waals surface area contributed by atoms with E-state index in [4.69, 9.17) is 10.6 Å². The molecule has 0 saturated carbocycles. The second kappa shape index (κ2) is 12.3. The van der Waals surface area contributed by atoms with Crippen molar-refractivity contribution < 1.29 is 32.4 Å². The number of nitrogens with one attached hydrogen (secondary N) is 1. The number of hydrogen-bond donors (Lipinski definition) is 2. The molecular formula is C28H24F3N5O4. The summed E-state index contributed by atoms with van der Waals surface area (Å²) in [5, 5.41) is 3.34. The zero-order valence-corrected chi connectivity index (χ0v) is 20.9. The Morgan fingerprint density at radius 1 is 0.925 bits per heavy atom. The van der Waals surface area contributed by atoms with Crippen molar-refractivity contribution >= 4 is 23.6 Å². The van der Waals surface area contributed by atoms with Crippen molar-refractivity contribution in [2.45, 2.75) is 25.2 Å². The van der Waals surface area contributed by atoms with Crippen molar-refractivity contribution in [3.8, 4) is 0 Å². The summed E-state index contributed by atoms with van der Waals surface area (Å²) >= 11 is 0. The number of alkyl halides is 3. The number of primary amides is 1. The van der Waals surface area contributed by atoms with E-state index in [1.54, 1.807) is 91.0 Å². The van der Waals surface area contributed by atoms with Gasteiger partial charge in [-0.2, -0.15) is 23.0 Å². The molecule has 2 amide bonds. The molecule has 0 spiro atoms. The maximum Gasteiger partial charge on any atom is 0.454 e. The average Bonchev–Trinajstić information content (AvgIpc) is 3.41. The number of nitrogens with zero attached hydrogens (tertiary/aromatic N) is 3. The standard InChI is InChI=1S/C28H24F3N5O4/c29-28(30,31)24-16-23(36(34-24)27(39)40-33-18-19-10-4-1-5-11-19)26(38)35(21-14-8-3-9-15-21)22(17-25(32)37)20-12-6-2-7-13-20/h1-16,22,33H,17-18H2,(H2,32,37). The number of aromatic nitrogens is 2. The molecule has 0 saturated heterocycles. The van der Waals surface area contributed by atoms with Crippen LogP contribution in [0.5, 0.6) is 0 Å². The van der Waals surface area contributed by atoms with Crippen LogP contribution >= 0.6 is 0 Å². The van der Waals surface area contributed by atoms with E-state index in [1.807, 2.05) is 0 Å². The Hall–Kier alpha value is -4.97. The van der Waals surface area contributed by atoms with Gasteiger partial charge in [0.25, 0.3) is 5.91 Å². The summed E-state index contributed by atoms with van der Waals surface area (Å²) in [6.07, 6.45) is -6.69. The Kier molecular flexibility index (Phi) is 8.60. The van der Waals surface area contributed by atoms with E-state index in [1.165, 1.54) is 0 Å². The topological polar surface area (TPSA) is 120 Å². The van der Waals surface area contributed by atoms with Crippen LogP contribution in [0.25, 0.3) is 0 Å². The summed E-state index contributed by atoms with van der Waals surface area (Å²) in [5.41, 5.74) is 7.14. The maximum atomic E-state index is 14.0. The van der Waals surface area contributed by atoms with Gasteiger partial charge in [0, 0.05) is 11.8 Å². The first-order valence-corrected chi connectivity index (χ1v) is 12.0. The van der Waals surface area contributed by atoms with E-state index in [9.17, 15) is 27.6 Å². The monoisotopic (exact) mass is 551 g/mol. The van der Waals surface area contributed by atoms with Gasteiger partial charge in [-0.25, -0.2) is 4.79 Å². The van der Waals surface area contributed by atoms with E-state index in [2.05, 4.69) is 10.6 Å². The smallest absolute Gasteiger partial charge is 0.370 e. The molecule has 4 rings (SSSR count). The molecule has 1 unspecified atom stereocenters. The molecule has 1 aromatic heterocycles. The normalized spacial score (nSPS) is 12.0. The number of para-hydroxylation sites is 1. The molecule has 0 bridgehead atoms. The van der Waals surface area contributed by atoms with Crippen LogP contribution in [0.2, 0.25) is 0 Å². The second-order valence-corrected chi connectivity index (χ2v) is 8.61. The fraction of sp³-hybridized carbons (Fsp3) is 0.143. The van der Waals surface area contributed by atoms with Crippen LogP contribution in [0.4, 0.5) is 23.7 Å². The predicted octanol–water partition coefficient (Wildman–Crippen LogP) is 4.85. The number of anilines is 1. The number of hydroxylamine groups is 1. The van der Waals surface area contributed by atoms with Gasteiger partial charge in [0.2, 0.25) is 5.91 Å². The van der Waals surface area contributed by atoms with Crippen LogP contribution < -0.4 is 16.1 Å². The molecule has 1 heterocycles. The lowest BCUT2D eigenvalue weighted by atomic mass is 10.00. The van der Waals surface area contributed by atoms with Crippen LogP contribution in [-0.4, -0.2) is 27.7 Å². The molecule has 12 heteroatoms. The van der Waals surface area contributed by atoms with Crippen LogP contribution in [0.1, 0.15) is 39.8 Å². The molecule has 0 aliphatic carbocycles. The van der Waals surface area contributed by atoms with E-state index in [0.717, 1.165) is 10.5 Å². The third kappa shape index (κ3) is 6.72. The Morgan fingerprint density at radius 2 is 1.50 bits per heavy atom. The van der Waals surface area contributed by atoms with E-state index >= 15 is 0 Å². The highest BCUT2D eigenvalue weighted by molar-refractivity contribution is 6.07. The minimum Gasteiger partial charge on any atom is -0.370 e. The first-order chi connectivity index (χ1) is 19.1. The highest BCUT2D eigenvalue weighted by Crippen LogP contribution is 2.34. The van der Waals surface area contributed by atoms with Gasteiger partial charge < -0.3 is 10.6 Å². The quantitative estimate of drug-likeness (QED) is 0.287. The molecule has 1 atom stereocenters. The van der Waals surface area contributed by atoms with Crippen LogP contribution in [0.3, 0.4) is 0 Å². The van der Waals surface area contributed by atoms with Crippen molar-refractivity contribution in [1.82, 2.24) is 15.3 Å². The molecule has 3 aromatic carbocycles. The minimum atomic E-state index is -4.97. The Bertz CT molecular complexity index is 1460. The Balaban J connectivity index is 1.75. The summed E-state index contributed by atoms with van der Waals surface area (Å²) < 4.78 is 41.3. The lowest BCUT2D eigenvalue weighted by molar-refractivity contribution is -0.141. The molecule has 206 valence electrons. The first-order valence-electron chi connectivity index (χ1n) is 12.0. The third-order valence-electron chi connectivity index (χ3n) is 5.81. The van der Waals surface area contributed by atoms with Gasteiger partial charge in [-0.15, -0.1) is 5.48 Å². The average molecular weight is 552 g/mol. The molecule has 9 nitrogen and oxygen atoms in total. The van der Waals surface area contributed by atoms with Crippen LogP contribution in [0.15, 0.2) is 97.1 Å². The number of rotatable bonds is 9. The zero-order chi connectivity index (χ0) is 28.7. The van der Waals surface area contributed by atoms with Crippen molar-refractivity contribution in [1.29, 1.82) is 0 Å². The summed E-state index contributed by atoms with van der Waals surface area (Å²) in [4.78, 5) is 45.0. The fourth-order valence-electron chi connectivity index (χ4n) is 4.01. The third-order valence-corrected chi connectivity index (χ3v) is 5.81. The van der Waals surface area contributed by atoms with Crippen molar-refractivity contribution in [3.05, 3.63) is 120 Å². The zero-order valence-electron chi connectivity index (χ0n) is 20.9. The molecule has 3 N–H and O–H groups in total. The molecular weight excluding hydrogens is 527 g/mol. The predicted molar refractivity (Wildman–Crippen MR) is 139 cm³/mol. The largest absolute Gasteiger partial charge is 0.454 e. The number of nitrogens with two attached hydrogens (primary N) is 1. The van der Waals surface area contributed by atoms with Crippen LogP contribution in [0, 0.1) is 0 Å². The lowest BCUT2D eigenvalue weighted by Crippen LogP contribution is -2.39. The highest BCUT2D eigenvalue weighted by Gasteiger charge is 2.39. The number of amides is 2. The first kappa shape index (κ1) is 28.0. The fourth-order valence-corrected chi connectivity index (χ4v) is 4.01. The Morgan fingerprint density at radius 3 is 2.08 bits per heavy atom. The molecule has 0 fully saturated rings. The number of carbonyl (C=O) groups excluding carboxylic acids is 3. The van der Waals surface area contributed by atoms with Gasteiger partial charge in [0.15, 0.2) is 5.69 Å². The summed E-state index contributed by atoms with van der Waals surface area (Å²) in [7, 11) is 0. The lowest BCUT2D eigenvalue weighted by Gasteiger charge is -2.31. The van der Waals surface area contributed by atoms with Gasteiger partial charge in [0.1, 0.15) is 5.69 Å². The Labute approximate surface area is 226 Å². The summed E-state index contributed by atoms with van der Waals surface area (Å²) in [5.74, 6) is -1.79. The van der Waals surface area contributed by atoms with Crippen molar-refractivity contribution in [3.63, 3.8) is 0 Å². The van der Waals surface area contributed by atoms with Crippen molar-refractivity contribution in [2.24, 2.45) is 5.73 Å². The molecule has 4 aromatic rings. The highest BCUT2D eigenvalue weighted by atomic mass is 19.4. The van der Waals surface area contributed by atoms with Gasteiger partial charge in [0.05, 0.1) is 19.0 Å². The molecule has 40 heavy (non-hydrogen) atoms. The van der Waals surface area contributed by atoms with Crippen molar-refractivity contribution in [2.75, 3.05) is 4.90 Å². The number of hydrogen-bond acceptors (Lipinski definition) is 6. The van der Waals surface area contributed by atoms with Gasteiger partial charge in [-0.1, -0.05) is 78.9 Å². The molecule has 0 aliphatic rings. The number of benzene rings is 3. The maximum absolute atomic E-state index is 14.0. The van der Waals surface area contributed by atoms with Crippen LogP contribution in [-0.2, 0) is 22.4 Å². The van der Waals surface area contributed by atoms with Gasteiger partial charge >= 0.3 is 12.3 Å². The van der Waals surface area contributed by atoms with E-state index < -0.39 is 41.5 Å². The summed E-state index contributed by atoms with van der Waals surface area (Å²) in [6, 6.07) is 24.6. The van der Waals surface area contributed by atoms with Gasteiger partial charge in [-0.05, 0) is 23.3 Å². The SMILES string of the molecule is NC(=O)CC(c1ccccc1)N(C(=O)c1cc(C(F)(F)F)nn1C(=O)ONCc1ccccc1)c1ccccc1. The van der Waals surface area contributed by atoms with E-state index in [0.29, 0.717) is 11.6 Å². The number of carbonyl (C=O) groups is 3. The minimum absolute atomic E-state index is 0.0497. The molecule has 0 aliphatic heterocycles. The van der Waals surface area contributed by atoms with Gasteiger partial charge in [-0.3, -0.25) is 14.5 Å². The van der Waals surface area contributed by atoms with E-state index in [-0.39, 0.29) is 23.3 Å². The molecule has 0 radical (unpaired) electrons. The number of halogens is 3.